The number of benzene rings is 1. The number of esters is 1. The third kappa shape index (κ3) is 2.63. The maximum Gasteiger partial charge on any atom is 0.359 e. The SMILES string of the molecule is CCOC(=O)c1nn(C2CCCNC2)c2c1CSc1ccccc1-2. The van der Waals surface area contributed by atoms with Crippen LogP contribution in [0.2, 0.25) is 0 Å². The van der Waals surface area contributed by atoms with Crippen molar-refractivity contribution >= 4 is 17.7 Å². The van der Waals surface area contributed by atoms with Crippen molar-refractivity contribution < 1.29 is 9.53 Å². The molecule has 1 aromatic heterocycles. The molecule has 6 heteroatoms. The molecule has 0 radical (unpaired) electrons. The van der Waals surface area contributed by atoms with Crippen LogP contribution in [0.3, 0.4) is 0 Å². The molecule has 0 amide bonds. The molecule has 0 spiro atoms. The van der Waals surface area contributed by atoms with E-state index in [2.05, 4.69) is 34.3 Å². The van der Waals surface area contributed by atoms with Crippen LogP contribution in [-0.4, -0.2) is 35.4 Å². The summed E-state index contributed by atoms with van der Waals surface area (Å²) in [7, 11) is 0. The number of piperidine rings is 1. The highest BCUT2D eigenvalue weighted by atomic mass is 32.2. The third-order valence-corrected chi connectivity index (χ3v) is 5.71. The fourth-order valence-electron chi connectivity index (χ4n) is 3.50. The summed E-state index contributed by atoms with van der Waals surface area (Å²) in [6, 6.07) is 8.67. The van der Waals surface area contributed by atoms with Crippen LogP contribution in [0.15, 0.2) is 29.2 Å². The molecule has 2 aromatic rings. The first-order valence-electron chi connectivity index (χ1n) is 8.51. The molecule has 2 aliphatic rings. The summed E-state index contributed by atoms with van der Waals surface area (Å²) in [5, 5.41) is 8.17. The van der Waals surface area contributed by atoms with E-state index in [9.17, 15) is 4.79 Å². The average molecular weight is 343 g/mol. The quantitative estimate of drug-likeness (QED) is 0.867. The van der Waals surface area contributed by atoms with Gasteiger partial charge in [-0.3, -0.25) is 4.68 Å². The van der Waals surface area contributed by atoms with Crippen molar-refractivity contribution in [1.82, 2.24) is 15.1 Å². The van der Waals surface area contributed by atoms with Crippen molar-refractivity contribution in [3.05, 3.63) is 35.5 Å². The molecular formula is C18H21N3O2S. The minimum atomic E-state index is -0.309. The summed E-state index contributed by atoms with van der Waals surface area (Å²) in [6.07, 6.45) is 2.21. The van der Waals surface area contributed by atoms with E-state index in [1.54, 1.807) is 11.8 Å². The van der Waals surface area contributed by atoms with E-state index in [1.807, 2.05) is 6.92 Å². The molecule has 1 unspecified atom stereocenters. The van der Waals surface area contributed by atoms with Gasteiger partial charge in [0.1, 0.15) is 0 Å². The van der Waals surface area contributed by atoms with Crippen LogP contribution in [0.1, 0.15) is 41.9 Å². The average Bonchev–Trinajstić information content (AvgIpc) is 3.03. The zero-order valence-electron chi connectivity index (χ0n) is 13.7. The Balaban J connectivity index is 1.86. The highest BCUT2D eigenvalue weighted by Gasteiger charge is 2.32. The van der Waals surface area contributed by atoms with Gasteiger partial charge < -0.3 is 10.1 Å². The van der Waals surface area contributed by atoms with Crippen LogP contribution < -0.4 is 5.32 Å². The lowest BCUT2D eigenvalue weighted by Crippen LogP contribution is -2.32. The van der Waals surface area contributed by atoms with Crippen LogP contribution in [0.4, 0.5) is 0 Å². The molecule has 126 valence electrons. The summed E-state index contributed by atoms with van der Waals surface area (Å²) in [4.78, 5) is 13.7. The number of nitrogens with one attached hydrogen (secondary N) is 1. The summed E-state index contributed by atoms with van der Waals surface area (Å²) >= 11 is 1.76. The number of rotatable bonds is 3. The highest BCUT2D eigenvalue weighted by molar-refractivity contribution is 7.98. The van der Waals surface area contributed by atoms with Crippen molar-refractivity contribution in [2.75, 3.05) is 19.7 Å². The predicted octanol–water partition coefficient (Wildman–Crippen LogP) is 3.26. The van der Waals surface area contributed by atoms with E-state index in [-0.39, 0.29) is 12.0 Å². The van der Waals surface area contributed by atoms with Gasteiger partial charge in [-0.2, -0.15) is 5.10 Å². The lowest BCUT2D eigenvalue weighted by atomic mass is 10.0. The number of hydrogen-bond donors (Lipinski definition) is 1. The van der Waals surface area contributed by atoms with Gasteiger partial charge in [0.2, 0.25) is 0 Å². The Hall–Kier alpha value is -1.79. The van der Waals surface area contributed by atoms with Gasteiger partial charge in [-0.05, 0) is 32.4 Å². The largest absolute Gasteiger partial charge is 0.461 e. The van der Waals surface area contributed by atoms with Crippen LogP contribution in [-0.2, 0) is 10.5 Å². The van der Waals surface area contributed by atoms with Gasteiger partial charge >= 0.3 is 5.97 Å². The zero-order valence-corrected chi connectivity index (χ0v) is 14.6. The van der Waals surface area contributed by atoms with Crippen molar-refractivity contribution in [2.24, 2.45) is 0 Å². The number of carbonyl (C=O) groups is 1. The topological polar surface area (TPSA) is 56.1 Å². The lowest BCUT2D eigenvalue weighted by molar-refractivity contribution is 0.0517. The summed E-state index contributed by atoms with van der Waals surface area (Å²) in [6.45, 7) is 4.15. The minimum absolute atomic E-state index is 0.284. The van der Waals surface area contributed by atoms with Crippen LogP contribution in [0, 0.1) is 0 Å². The Bertz CT molecular complexity index is 766. The van der Waals surface area contributed by atoms with E-state index in [0.717, 1.165) is 42.9 Å². The molecule has 2 aliphatic heterocycles. The molecule has 1 N–H and O–H groups in total. The maximum absolute atomic E-state index is 12.4. The number of nitrogens with zero attached hydrogens (tertiary/aromatic N) is 2. The Morgan fingerprint density at radius 1 is 1.46 bits per heavy atom. The second-order valence-corrected chi connectivity index (χ2v) is 7.14. The lowest BCUT2D eigenvalue weighted by Gasteiger charge is -2.26. The van der Waals surface area contributed by atoms with E-state index >= 15 is 0 Å². The first-order valence-corrected chi connectivity index (χ1v) is 9.49. The minimum Gasteiger partial charge on any atom is -0.461 e. The van der Waals surface area contributed by atoms with Crippen LogP contribution >= 0.6 is 11.8 Å². The van der Waals surface area contributed by atoms with Gasteiger partial charge in [0.05, 0.1) is 18.3 Å². The molecule has 1 atom stereocenters. The van der Waals surface area contributed by atoms with Crippen LogP contribution in [0.25, 0.3) is 11.3 Å². The van der Waals surface area contributed by atoms with Gasteiger partial charge in [0.25, 0.3) is 0 Å². The second kappa shape index (κ2) is 6.61. The summed E-state index contributed by atoms with van der Waals surface area (Å²) in [5.74, 6) is 0.455. The predicted molar refractivity (Wildman–Crippen MR) is 94.3 cm³/mol. The van der Waals surface area contributed by atoms with Gasteiger partial charge in [-0.25, -0.2) is 4.79 Å². The highest BCUT2D eigenvalue weighted by Crippen LogP contribution is 2.44. The molecule has 1 fully saturated rings. The van der Waals surface area contributed by atoms with E-state index < -0.39 is 0 Å². The number of carbonyl (C=O) groups excluding carboxylic acids is 1. The monoisotopic (exact) mass is 343 g/mol. The first-order chi connectivity index (χ1) is 11.8. The van der Waals surface area contributed by atoms with Gasteiger partial charge in [-0.1, -0.05) is 18.2 Å². The van der Waals surface area contributed by atoms with Gasteiger partial charge in [0.15, 0.2) is 5.69 Å². The molecule has 0 saturated carbocycles. The second-order valence-electron chi connectivity index (χ2n) is 6.13. The summed E-state index contributed by atoms with van der Waals surface area (Å²) in [5.41, 5.74) is 3.78. The molecular weight excluding hydrogens is 322 g/mol. The fourth-order valence-corrected chi connectivity index (χ4v) is 4.57. The third-order valence-electron chi connectivity index (χ3n) is 4.61. The fraction of sp³-hybridized carbons (Fsp3) is 0.444. The molecule has 1 saturated heterocycles. The molecule has 0 aliphatic carbocycles. The smallest absolute Gasteiger partial charge is 0.359 e. The number of ether oxygens (including phenoxy) is 1. The van der Waals surface area contributed by atoms with E-state index in [4.69, 9.17) is 9.84 Å². The Morgan fingerprint density at radius 2 is 2.33 bits per heavy atom. The standard InChI is InChI=1S/C18H21N3O2S/c1-2-23-18(22)16-14-11-24-15-8-4-3-7-13(15)17(14)21(20-16)12-6-5-9-19-10-12/h3-4,7-8,12,19H,2,5-6,9-11H2,1H3. The van der Waals surface area contributed by atoms with Gasteiger partial charge in [-0.15, -0.1) is 11.8 Å². The van der Waals surface area contributed by atoms with E-state index in [0.29, 0.717) is 12.3 Å². The number of fused-ring (bicyclic) bond motifs is 3. The zero-order chi connectivity index (χ0) is 16.5. The molecule has 24 heavy (non-hydrogen) atoms. The van der Waals surface area contributed by atoms with Crippen molar-refractivity contribution in [3.63, 3.8) is 0 Å². The Labute approximate surface area is 145 Å². The number of aromatic nitrogens is 2. The Kier molecular flexibility index (Phi) is 4.33. The van der Waals surface area contributed by atoms with Crippen molar-refractivity contribution in [2.45, 2.75) is 36.5 Å². The van der Waals surface area contributed by atoms with Gasteiger partial charge in [0, 0.05) is 28.3 Å². The van der Waals surface area contributed by atoms with E-state index in [1.165, 1.54) is 10.5 Å². The molecule has 4 rings (SSSR count). The number of hydrogen-bond acceptors (Lipinski definition) is 5. The Morgan fingerprint density at radius 3 is 3.12 bits per heavy atom. The number of thioether (sulfide) groups is 1. The molecule has 3 heterocycles. The maximum atomic E-state index is 12.4. The first kappa shape index (κ1) is 15.7. The summed E-state index contributed by atoms with van der Waals surface area (Å²) < 4.78 is 7.32. The van der Waals surface area contributed by atoms with Crippen molar-refractivity contribution in [3.8, 4) is 11.3 Å². The van der Waals surface area contributed by atoms with Crippen molar-refractivity contribution in [1.29, 1.82) is 0 Å². The van der Waals surface area contributed by atoms with Crippen LogP contribution in [0.5, 0.6) is 0 Å². The molecule has 1 aromatic carbocycles. The normalized spacial score (nSPS) is 19.5. The molecule has 5 nitrogen and oxygen atoms in total. The molecule has 0 bridgehead atoms.